The summed E-state index contributed by atoms with van der Waals surface area (Å²) in [4.78, 5) is 13.1. The van der Waals surface area contributed by atoms with Gasteiger partial charge in [0.1, 0.15) is 11.6 Å². The fourth-order valence-electron chi connectivity index (χ4n) is 3.32. The number of amides is 1. The second kappa shape index (κ2) is 7.64. The van der Waals surface area contributed by atoms with Crippen molar-refractivity contribution in [2.75, 3.05) is 7.11 Å². The lowest BCUT2D eigenvalue weighted by Crippen LogP contribution is -2.27. The standard InChI is InChI=1S/C23H19FN2O2/c1-28-20-13-9-16(10-14-20)21-15-22(17-5-3-2-4-6-17)26(25-21)23(27)18-7-11-19(24)12-8-18/h2-14,22H,15H2,1H3/t22-/m0/s1. The maximum Gasteiger partial charge on any atom is 0.274 e. The average molecular weight is 374 g/mol. The van der Waals surface area contributed by atoms with Gasteiger partial charge in [0, 0.05) is 12.0 Å². The highest BCUT2D eigenvalue weighted by Gasteiger charge is 2.33. The molecule has 0 spiro atoms. The Morgan fingerprint density at radius 3 is 2.32 bits per heavy atom. The number of carbonyl (C=O) groups excluding carboxylic acids is 1. The minimum atomic E-state index is -0.375. The van der Waals surface area contributed by atoms with Gasteiger partial charge in [-0.1, -0.05) is 30.3 Å². The van der Waals surface area contributed by atoms with Gasteiger partial charge in [-0.3, -0.25) is 4.79 Å². The first-order valence-electron chi connectivity index (χ1n) is 9.01. The van der Waals surface area contributed by atoms with Gasteiger partial charge in [0.15, 0.2) is 0 Å². The van der Waals surface area contributed by atoms with Gasteiger partial charge in [-0.05, 0) is 59.7 Å². The van der Waals surface area contributed by atoms with Crippen LogP contribution in [0.5, 0.6) is 5.75 Å². The van der Waals surface area contributed by atoms with Crippen molar-refractivity contribution >= 4 is 11.6 Å². The summed E-state index contributed by atoms with van der Waals surface area (Å²) in [5.41, 5.74) is 3.18. The fourth-order valence-corrected chi connectivity index (χ4v) is 3.32. The molecule has 3 aromatic rings. The molecule has 0 fully saturated rings. The van der Waals surface area contributed by atoms with E-state index in [-0.39, 0.29) is 17.8 Å². The molecule has 28 heavy (non-hydrogen) atoms. The van der Waals surface area contributed by atoms with E-state index >= 15 is 0 Å². The highest BCUT2D eigenvalue weighted by Crippen LogP contribution is 2.34. The van der Waals surface area contributed by atoms with Crippen molar-refractivity contribution in [2.24, 2.45) is 5.10 Å². The molecule has 1 atom stereocenters. The molecule has 1 heterocycles. The van der Waals surface area contributed by atoms with E-state index in [0.717, 1.165) is 22.6 Å². The second-order valence-corrected chi connectivity index (χ2v) is 6.56. The summed E-state index contributed by atoms with van der Waals surface area (Å²) < 4.78 is 18.5. The van der Waals surface area contributed by atoms with E-state index in [1.807, 2.05) is 54.6 Å². The number of carbonyl (C=O) groups is 1. The molecule has 1 aliphatic rings. The van der Waals surface area contributed by atoms with Crippen LogP contribution in [-0.2, 0) is 0 Å². The maximum atomic E-state index is 13.3. The number of ether oxygens (including phenoxy) is 1. The number of hydrogen-bond donors (Lipinski definition) is 0. The molecule has 0 saturated heterocycles. The van der Waals surface area contributed by atoms with Gasteiger partial charge in [-0.15, -0.1) is 0 Å². The predicted molar refractivity (Wildman–Crippen MR) is 106 cm³/mol. The van der Waals surface area contributed by atoms with Gasteiger partial charge in [0.25, 0.3) is 5.91 Å². The van der Waals surface area contributed by atoms with Gasteiger partial charge < -0.3 is 4.74 Å². The first-order chi connectivity index (χ1) is 13.7. The minimum Gasteiger partial charge on any atom is -0.497 e. The molecule has 1 amide bonds. The number of nitrogens with zero attached hydrogens (tertiary/aromatic N) is 2. The van der Waals surface area contributed by atoms with Crippen LogP contribution in [0, 0.1) is 5.82 Å². The van der Waals surface area contributed by atoms with Crippen molar-refractivity contribution in [3.05, 3.63) is 101 Å². The average Bonchev–Trinajstić information content (AvgIpc) is 3.20. The fraction of sp³-hybridized carbons (Fsp3) is 0.130. The van der Waals surface area contributed by atoms with E-state index in [9.17, 15) is 9.18 Å². The Balaban J connectivity index is 1.70. The third-order valence-electron chi connectivity index (χ3n) is 4.82. The molecule has 0 saturated carbocycles. The van der Waals surface area contributed by atoms with Gasteiger partial charge in [-0.25, -0.2) is 9.40 Å². The van der Waals surface area contributed by atoms with E-state index in [1.165, 1.54) is 29.3 Å². The van der Waals surface area contributed by atoms with Gasteiger partial charge >= 0.3 is 0 Å². The zero-order valence-corrected chi connectivity index (χ0v) is 15.4. The Bertz CT molecular complexity index is 999. The second-order valence-electron chi connectivity index (χ2n) is 6.56. The summed E-state index contributed by atoms with van der Waals surface area (Å²) >= 11 is 0. The molecular formula is C23H19FN2O2. The first kappa shape index (κ1) is 17.9. The van der Waals surface area contributed by atoms with E-state index in [4.69, 9.17) is 4.74 Å². The molecule has 0 aromatic heterocycles. The van der Waals surface area contributed by atoms with Gasteiger partial charge in [0.2, 0.25) is 0 Å². The van der Waals surface area contributed by atoms with E-state index in [1.54, 1.807) is 7.11 Å². The molecule has 3 aromatic carbocycles. The SMILES string of the molecule is COc1ccc(C2=NN(C(=O)c3ccc(F)cc3)[C@H](c3ccccc3)C2)cc1. The zero-order chi connectivity index (χ0) is 19.5. The predicted octanol–water partition coefficient (Wildman–Crippen LogP) is 4.83. The monoisotopic (exact) mass is 374 g/mol. The normalized spacial score (nSPS) is 16.0. The Morgan fingerprint density at radius 2 is 1.68 bits per heavy atom. The van der Waals surface area contributed by atoms with Crippen LogP contribution in [0.4, 0.5) is 4.39 Å². The number of benzene rings is 3. The summed E-state index contributed by atoms with van der Waals surface area (Å²) in [5.74, 6) is 0.138. The summed E-state index contributed by atoms with van der Waals surface area (Å²) in [6, 6.07) is 22.8. The Labute approximate surface area is 162 Å². The van der Waals surface area contributed by atoms with Crippen LogP contribution < -0.4 is 4.74 Å². The lowest BCUT2D eigenvalue weighted by atomic mass is 9.98. The molecule has 0 N–H and O–H groups in total. The molecule has 4 nitrogen and oxygen atoms in total. The quantitative estimate of drug-likeness (QED) is 0.657. The highest BCUT2D eigenvalue weighted by atomic mass is 19.1. The van der Waals surface area contributed by atoms with Crippen LogP contribution >= 0.6 is 0 Å². The Morgan fingerprint density at radius 1 is 1.00 bits per heavy atom. The van der Waals surface area contributed by atoms with Crippen molar-refractivity contribution in [1.29, 1.82) is 0 Å². The van der Waals surface area contributed by atoms with Crippen molar-refractivity contribution < 1.29 is 13.9 Å². The summed E-state index contributed by atoms with van der Waals surface area (Å²) in [5, 5.41) is 6.14. The lowest BCUT2D eigenvalue weighted by Gasteiger charge is -2.22. The number of hydrazone groups is 1. The van der Waals surface area contributed by atoms with E-state index in [0.29, 0.717) is 12.0 Å². The minimum absolute atomic E-state index is 0.212. The van der Waals surface area contributed by atoms with E-state index in [2.05, 4.69) is 5.10 Å². The van der Waals surface area contributed by atoms with Crippen LogP contribution in [0.25, 0.3) is 0 Å². The van der Waals surface area contributed by atoms with Crippen LogP contribution in [-0.4, -0.2) is 23.7 Å². The van der Waals surface area contributed by atoms with E-state index < -0.39 is 0 Å². The molecule has 0 unspecified atom stereocenters. The van der Waals surface area contributed by atoms with Crippen molar-refractivity contribution in [3.63, 3.8) is 0 Å². The Kier molecular flexibility index (Phi) is 4.89. The first-order valence-corrected chi connectivity index (χ1v) is 9.01. The van der Waals surface area contributed by atoms with Gasteiger partial charge in [0.05, 0.1) is 18.9 Å². The summed E-state index contributed by atoms with van der Waals surface area (Å²) in [6.45, 7) is 0. The molecule has 5 heteroatoms. The van der Waals surface area contributed by atoms with Crippen LogP contribution in [0.1, 0.15) is 33.9 Å². The molecule has 0 bridgehead atoms. The topological polar surface area (TPSA) is 41.9 Å². The van der Waals surface area contributed by atoms with Crippen LogP contribution in [0.3, 0.4) is 0 Å². The lowest BCUT2D eigenvalue weighted by molar-refractivity contribution is 0.0711. The summed E-state index contributed by atoms with van der Waals surface area (Å²) in [7, 11) is 1.62. The Hall–Kier alpha value is -3.47. The van der Waals surface area contributed by atoms with Crippen LogP contribution in [0.15, 0.2) is 84.0 Å². The van der Waals surface area contributed by atoms with Crippen molar-refractivity contribution in [1.82, 2.24) is 5.01 Å². The van der Waals surface area contributed by atoms with Crippen LogP contribution in [0.2, 0.25) is 0 Å². The smallest absolute Gasteiger partial charge is 0.274 e. The molecule has 0 aliphatic carbocycles. The number of rotatable bonds is 4. The third-order valence-corrected chi connectivity index (χ3v) is 4.82. The third kappa shape index (κ3) is 3.51. The van der Waals surface area contributed by atoms with Gasteiger partial charge in [-0.2, -0.15) is 5.10 Å². The number of hydrogen-bond acceptors (Lipinski definition) is 3. The zero-order valence-electron chi connectivity index (χ0n) is 15.4. The van der Waals surface area contributed by atoms with Crippen molar-refractivity contribution in [2.45, 2.75) is 12.5 Å². The van der Waals surface area contributed by atoms with Crippen molar-refractivity contribution in [3.8, 4) is 5.75 Å². The summed E-state index contributed by atoms with van der Waals surface area (Å²) in [6.07, 6.45) is 0.600. The maximum absolute atomic E-state index is 13.3. The molecule has 4 rings (SSSR count). The largest absolute Gasteiger partial charge is 0.497 e. The molecule has 140 valence electrons. The highest BCUT2D eigenvalue weighted by molar-refractivity contribution is 6.05. The molecular weight excluding hydrogens is 355 g/mol. The number of methoxy groups -OCH3 is 1. The number of halogens is 1. The molecule has 1 aliphatic heterocycles. The molecule has 0 radical (unpaired) electrons.